The van der Waals surface area contributed by atoms with E-state index in [4.69, 9.17) is 4.74 Å². The Hall–Kier alpha value is -0.586. The average molecular weight is 448 g/mol. The van der Waals surface area contributed by atoms with Crippen LogP contribution in [0.4, 0.5) is 13.2 Å². The molecule has 2 nitrogen and oxygen atoms in total. The van der Waals surface area contributed by atoms with Gasteiger partial charge in [-0.25, -0.2) is 13.2 Å². The number of methoxy groups -OCH3 is 1. The van der Waals surface area contributed by atoms with Crippen molar-refractivity contribution in [3.05, 3.63) is 58.5 Å². The number of hydrogen-bond acceptors (Lipinski definition) is 2. The van der Waals surface area contributed by atoms with Crippen LogP contribution in [0.25, 0.3) is 5.70 Å². The minimum absolute atomic E-state index is 0. The van der Waals surface area contributed by atoms with Gasteiger partial charge in [0.1, 0.15) is 5.75 Å². The standard InChI is InChI=1S/C15H12BrF3NO.Y/c1-9-12(16)5-6-14(20(9)8-15(18)19)11-4-3-10(21-2)7-13(11)17;/h3-5,7,15H,1,8H2,2H3;/q-1;. The van der Waals surface area contributed by atoms with Crippen molar-refractivity contribution in [1.82, 2.24) is 4.90 Å². The Balaban J connectivity index is 0.00000242. The third-order valence-corrected chi connectivity index (χ3v) is 3.65. The topological polar surface area (TPSA) is 12.5 Å². The Morgan fingerprint density at radius 1 is 1.41 bits per heavy atom. The summed E-state index contributed by atoms with van der Waals surface area (Å²) in [5.74, 6) is -0.223. The first kappa shape index (κ1) is 19.5. The molecule has 0 fully saturated rings. The first-order chi connectivity index (χ1) is 9.93. The number of allylic oxidation sites excluding steroid dienone is 3. The summed E-state index contributed by atoms with van der Waals surface area (Å²) in [4.78, 5) is 1.24. The van der Waals surface area contributed by atoms with Gasteiger partial charge in [0.15, 0.2) is 0 Å². The third-order valence-electron chi connectivity index (χ3n) is 2.96. The SMILES string of the molecule is C=C1C(Br)=C[C-]=C(c2ccc(OC)cc2F)N1CC(F)F.[Y]. The van der Waals surface area contributed by atoms with Crippen LogP contribution in [0.2, 0.25) is 0 Å². The Labute approximate surface area is 160 Å². The average Bonchev–Trinajstić information content (AvgIpc) is 2.44. The second kappa shape index (κ2) is 8.32. The van der Waals surface area contributed by atoms with Gasteiger partial charge in [-0.15, -0.1) is 22.0 Å². The number of rotatable bonds is 4. The second-order valence-electron chi connectivity index (χ2n) is 4.28. The summed E-state index contributed by atoms with van der Waals surface area (Å²) in [6, 6.07) is 4.22. The molecule has 0 saturated carbocycles. The number of benzene rings is 1. The molecule has 0 bridgehead atoms. The van der Waals surface area contributed by atoms with Gasteiger partial charge in [0.2, 0.25) is 0 Å². The molecule has 7 heteroatoms. The number of halogens is 4. The van der Waals surface area contributed by atoms with Gasteiger partial charge in [0.05, 0.1) is 19.5 Å². The predicted octanol–water partition coefficient (Wildman–Crippen LogP) is 4.35. The molecule has 115 valence electrons. The molecule has 0 aromatic heterocycles. The summed E-state index contributed by atoms with van der Waals surface area (Å²) < 4.78 is 45.1. The van der Waals surface area contributed by atoms with Gasteiger partial charge in [0.25, 0.3) is 6.43 Å². The van der Waals surface area contributed by atoms with E-state index in [9.17, 15) is 13.2 Å². The molecule has 0 aliphatic carbocycles. The van der Waals surface area contributed by atoms with Crippen LogP contribution in [0.3, 0.4) is 0 Å². The van der Waals surface area contributed by atoms with Crippen LogP contribution in [0, 0.1) is 11.9 Å². The molecule has 0 atom stereocenters. The monoisotopic (exact) mass is 447 g/mol. The number of alkyl halides is 2. The van der Waals surface area contributed by atoms with Crippen LogP contribution < -0.4 is 4.74 Å². The molecule has 22 heavy (non-hydrogen) atoms. The summed E-state index contributed by atoms with van der Waals surface area (Å²) in [6.45, 7) is 3.15. The van der Waals surface area contributed by atoms with Crippen molar-refractivity contribution in [3.8, 4) is 5.75 Å². The van der Waals surface area contributed by atoms with Gasteiger partial charge in [-0.05, 0) is 11.8 Å². The molecule has 0 saturated heterocycles. The molecule has 1 aromatic carbocycles. The first-order valence-corrected chi connectivity index (χ1v) is 6.81. The Morgan fingerprint density at radius 3 is 2.64 bits per heavy atom. The Bertz CT molecular complexity index is 631. The fraction of sp³-hybridized carbons (Fsp3) is 0.200. The van der Waals surface area contributed by atoms with E-state index in [0.717, 1.165) is 0 Å². The number of nitrogens with zero attached hydrogens (tertiary/aromatic N) is 1. The van der Waals surface area contributed by atoms with E-state index >= 15 is 0 Å². The van der Waals surface area contributed by atoms with E-state index < -0.39 is 18.8 Å². The molecule has 0 spiro atoms. The zero-order valence-corrected chi connectivity index (χ0v) is 16.2. The summed E-state index contributed by atoms with van der Waals surface area (Å²) in [6.07, 6.45) is 1.75. The first-order valence-electron chi connectivity index (χ1n) is 6.02. The van der Waals surface area contributed by atoms with E-state index in [1.165, 1.54) is 30.2 Å². The summed E-state index contributed by atoms with van der Waals surface area (Å²) in [5.41, 5.74) is 0.705. The van der Waals surface area contributed by atoms with Gasteiger partial charge in [0, 0.05) is 38.8 Å². The summed E-state index contributed by atoms with van der Waals surface area (Å²) in [5, 5.41) is 0. The molecule has 0 unspecified atom stereocenters. The van der Waals surface area contributed by atoms with Crippen LogP contribution in [-0.2, 0) is 32.7 Å². The molecule has 1 aliphatic rings. The molecule has 2 rings (SSSR count). The zero-order valence-electron chi connectivity index (χ0n) is 11.7. The number of ether oxygens (including phenoxy) is 1. The van der Waals surface area contributed by atoms with E-state index in [1.54, 1.807) is 6.07 Å². The van der Waals surface area contributed by atoms with E-state index in [2.05, 4.69) is 28.6 Å². The van der Waals surface area contributed by atoms with Gasteiger partial charge >= 0.3 is 0 Å². The van der Waals surface area contributed by atoms with Gasteiger partial charge < -0.3 is 9.64 Å². The molecule has 1 heterocycles. The van der Waals surface area contributed by atoms with Crippen LogP contribution >= 0.6 is 15.9 Å². The molecule has 1 radical (unpaired) electrons. The second-order valence-corrected chi connectivity index (χ2v) is 5.13. The van der Waals surface area contributed by atoms with Crippen molar-refractivity contribution in [2.24, 2.45) is 0 Å². The molecule has 1 aromatic rings. The third kappa shape index (κ3) is 4.24. The van der Waals surface area contributed by atoms with Crippen molar-refractivity contribution >= 4 is 21.6 Å². The normalized spacial score (nSPS) is 14.5. The zero-order chi connectivity index (χ0) is 15.6. The summed E-state index contributed by atoms with van der Waals surface area (Å²) in [7, 11) is 1.42. The van der Waals surface area contributed by atoms with E-state index in [1.807, 2.05) is 0 Å². The molecular weight excluding hydrogens is 436 g/mol. The van der Waals surface area contributed by atoms with Gasteiger partial charge in [-0.2, -0.15) is 12.2 Å². The van der Waals surface area contributed by atoms with Crippen molar-refractivity contribution in [3.63, 3.8) is 0 Å². The van der Waals surface area contributed by atoms with Crippen LogP contribution in [0.15, 0.2) is 41.0 Å². The van der Waals surface area contributed by atoms with Crippen LogP contribution in [0.1, 0.15) is 5.56 Å². The minimum atomic E-state index is -2.58. The summed E-state index contributed by atoms with van der Waals surface area (Å²) >= 11 is 3.21. The Morgan fingerprint density at radius 2 is 2.09 bits per heavy atom. The fourth-order valence-corrected chi connectivity index (χ4v) is 2.26. The van der Waals surface area contributed by atoms with Crippen molar-refractivity contribution < 1.29 is 50.6 Å². The molecule has 0 N–H and O–H groups in total. The van der Waals surface area contributed by atoms with E-state index in [-0.39, 0.29) is 44.0 Å². The maximum Gasteiger partial charge on any atom is 0.256 e. The Kier molecular flexibility index (Phi) is 7.36. The largest absolute Gasteiger partial charge is 0.497 e. The van der Waals surface area contributed by atoms with Gasteiger partial charge in [-0.3, -0.25) is 0 Å². The maximum atomic E-state index is 14.1. The maximum absolute atomic E-state index is 14.1. The predicted molar refractivity (Wildman–Crippen MR) is 78.5 cm³/mol. The quantitative estimate of drug-likeness (QED) is 0.636. The van der Waals surface area contributed by atoms with E-state index in [0.29, 0.717) is 15.9 Å². The fourth-order valence-electron chi connectivity index (χ4n) is 1.93. The van der Waals surface area contributed by atoms with Gasteiger partial charge in [-0.1, -0.05) is 22.3 Å². The van der Waals surface area contributed by atoms with Crippen molar-refractivity contribution in [2.45, 2.75) is 6.43 Å². The van der Waals surface area contributed by atoms with Crippen LogP contribution in [0.5, 0.6) is 5.75 Å². The minimum Gasteiger partial charge on any atom is -0.497 e. The molecule has 0 amide bonds. The van der Waals surface area contributed by atoms with Crippen LogP contribution in [-0.4, -0.2) is 25.0 Å². The van der Waals surface area contributed by atoms with Crippen molar-refractivity contribution in [1.29, 1.82) is 0 Å². The molecule has 1 aliphatic heterocycles. The number of hydrogen-bond donors (Lipinski definition) is 0. The van der Waals surface area contributed by atoms with Crippen molar-refractivity contribution in [2.75, 3.05) is 13.7 Å². The molecular formula is C15H12BrF3NOY-. The smallest absolute Gasteiger partial charge is 0.256 e.